The molecule has 1 aromatic carbocycles. The number of benzene rings is 1. The summed E-state index contributed by atoms with van der Waals surface area (Å²) in [6.07, 6.45) is 0.862. The lowest BCUT2D eigenvalue weighted by molar-refractivity contribution is -0.0306. The number of aromatic amines is 1. The fraction of sp³-hybridized carbons (Fsp3) is 0.471. The number of aromatic nitrogens is 2. The SMILES string of the molecule is Cc1n[nH]c(C)c1CN1CCOC(Cc2cccc(F)c2)C1. The van der Waals surface area contributed by atoms with Crippen LogP contribution in [-0.4, -0.2) is 40.9 Å². The first-order chi connectivity index (χ1) is 10.6. The van der Waals surface area contributed by atoms with Crippen LogP contribution in [0.3, 0.4) is 0 Å². The number of ether oxygens (including phenoxy) is 1. The standard InChI is InChI=1S/C17H22FN3O/c1-12-17(13(2)20-19-12)11-21-6-7-22-16(10-21)9-14-4-3-5-15(18)8-14/h3-5,8,16H,6-7,9-11H2,1-2H3,(H,19,20). The van der Waals surface area contributed by atoms with E-state index in [1.807, 2.05) is 13.0 Å². The number of morpholine rings is 1. The quantitative estimate of drug-likeness (QED) is 0.944. The lowest BCUT2D eigenvalue weighted by Crippen LogP contribution is -2.43. The third-order valence-electron chi connectivity index (χ3n) is 4.24. The zero-order valence-corrected chi connectivity index (χ0v) is 13.1. The Balaban J connectivity index is 1.62. The maximum atomic E-state index is 13.3. The Labute approximate surface area is 130 Å². The van der Waals surface area contributed by atoms with E-state index < -0.39 is 0 Å². The summed E-state index contributed by atoms with van der Waals surface area (Å²) in [6, 6.07) is 6.77. The van der Waals surface area contributed by atoms with Crippen molar-refractivity contribution in [1.29, 1.82) is 0 Å². The normalized spacial score (nSPS) is 19.5. The molecule has 0 saturated carbocycles. The number of hydrogen-bond acceptors (Lipinski definition) is 3. The molecular weight excluding hydrogens is 281 g/mol. The van der Waals surface area contributed by atoms with Crippen LogP contribution < -0.4 is 0 Å². The molecule has 1 saturated heterocycles. The number of hydrogen-bond donors (Lipinski definition) is 1. The topological polar surface area (TPSA) is 41.2 Å². The molecule has 0 amide bonds. The molecule has 1 aromatic heterocycles. The van der Waals surface area contributed by atoms with Gasteiger partial charge in [0.25, 0.3) is 0 Å². The first-order valence-electron chi connectivity index (χ1n) is 7.70. The maximum Gasteiger partial charge on any atom is 0.123 e. The molecule has 2 heterocycles. The van der Waals surface area contributed by atoms with Crippen molar-refractivity contribution >= 4 is 0 Å². The predicted octanol–water partition coefficient (Wildman–Crippen LogP) is 2.61. The van der Waals surface area contributed by atoms with E-state index in [4.69, 9.17) is 4.74 Å². The van der Waals surface area contributed by atoms with Gasteiger partial charge in [-0.15, -0.1) is 0 Å². The minimum Gasteiger partial charge on any atom is -0.375 e. The summed E-state index contributed by atoms with van der Waals surface area (Å²) in [5, 5.41) is 7.29. The van der Waals surface area contributed by atoms with Gasteiger partial charge in [-0.25, -0.2) is 4.39 Å². The molecule has 5 heteroatoms. The average molecular weight is 303 g/mol. The van der Waals surface area contributed by atoms with Crippen molar-refractivity contribution in [2.75, 3.05) is 19.7 Å². The van der Waals surface area contributed by atoms with Crippen molar-refractivity contribution < 1.29 is 9.13 Å². The van der Waals surface area contributed by atoms with Gasteiger partial charge in [0.2, 0.25) is 0 Å². The summed E-state index contributed by atoms with van der Waals surface area (Å²) in [5.41, 5.74) is 4.45. The molecule has 0 aliphatic carbocycles. The monoisotopic (exact) mass is 303 g/mol. The van der Waals surface area contributed by atoms with E-state index in [2.05, 4.69) is 22.0 Å². The van der Waals surface area contributed by atoms with Crippen molar-refractivity contribution in [3.63, 3.8) is 0 Å². The zero-order chi connectivity index (χ0) is 15.5. The molecule has 1 aliphatic rings. The van der Waals surface area contributed by atoms with Crippen molar-refractivity contribution in [3.8, 4) is 0 Å². The van der Waals surface area contributed by atoms with Gasteiger partial charge in [-0.1, -0.05) is 12.1 Å². The fourth-order valence-electron chi connectivity index (χ4n) is 3.00. The molecule has 3 rings (SSSR count). The molecule has 2 aromatic rings. The Kier molecular flexibility index (Phi) is 4.55. The van der Waals surface area contributed by atoms with Crippen LogP contribution >= 0.6 is 0 Å². The number of aryl methyl sites for hydroxylation is 2. The third-order valence-corrected chi connectivity index (χ3v) is 4.24. The molecule has 0 radical (unpaired) electrons. The molecule has 0 bridgehead atoms. The summed E-state index contributed by atoms with van der Waals surface area (Å²) < 4.78 is 19.1. The Bertz CT molecular complexity index is 621. The Hall–Kier alpha value is -1.72. The van der Waals surface area contributed by atoms with E-state index in [1.54, 1.807) is 12.1 Å². The second-order valence-corrected chi connectivity index (χ2v) is 5.97. The summed E-state index contributed by atoms with van der Waals surface area (Å²) in [6.45, 7) is 7.47. The Morgan fingerprint density at radius 3 is 3.00 bits per heavy atom. The molecule has 1 atom stereocenters. The van der Waals surface area contributed by atoms with Crippen molar-refractivity contribution in [2.45, 2.75) is 32.9 Å². The molecule has 118 valence electrons. The van der Waals surface area contributed by atoms with E-state index in [0.29, 0.717) is 0 Å². The van der Waals surface area contributed by atoms with E-state index in [1.165, 1.54) is 11.6 Å². The molecule has 22 heavy (non-hydrogen) atoms. The lowest BCUT2D eigenvalue weighted by Gasteiger charge is -2.33. The van der Waals surface area contributed by atoms with Crippen LogP contribution in [0.5, 0.6) is 0 Å². The largest absolute Gasteiger partial charge is 0.375 e. The molecule has 1 unspecified atom stereocenters. The highest BCUT2D eigenvalue weighted by atomic mass is 19.1. The van der Waals surface area contributed by atoms with Crippen molar-refractivity contribution in [1.82, 2.24) is 15.1 Å². The highest BCUT2D eigenvalue weighted by molar-refractivity contribution is 5.23. The van der Waals surface area contributed by atoms with Crippen LogP contribution in [0.15, 0.2) is 24.3 Å². The smallest absolute Gasteiger partial charge is 0.123 e. The predicted molar refractivity (Wildman–Crippen MR) is 83.2 cm³/mol. The first kappa shape index (κ1) is 15.2. The van der Waals surface area contributed by atoms with E-state index >= 15 is 0 Å². The summed E-state index contributed by atoms with van der Waals surface area (Å²) in [5.74, 6) is -0.185. The molecule has 1 aliphatic heterocycles. The third kappa shape index (κ3) is 3.54. The van der Waals surface area contributed by atoms with Crippen LogP contribution in [0, 0.1) is 19.7 Å². The number of H-pyrrole nitrogens is 1. The lowest BCUT2D eigenvalue weighted by atomic mass is 10.1. The highest BCUT2D eigenvalue weighted by Crippen LogP contribution is 2.17. The first-order valence-corrected chi connectivity index (χ1v) is 7.70. The molecule has 4 nitrogen and oxygen atoms in total. The maximum absolute atomic E-state index is 13.3. The van der Waals surface area contributed by atoms with Crippen LogP contribution in [0.4, 0.5) is 4.39 Å². The van der Waals surface area contributed by atoms with Gasteiger partial charge in [0.05, 0.1) is 18.4 Å². The number of halogens is 1. The number of rotatable bonds is 4. The van der Waals surface area contributed by atoms with Crippen molar-refractivity contribution in [2.24, 2.45) is 0 Å². The highest BCUT2D eigenvalue weighted by Gasteiger charge is 2.22. The molecule has 0 spiro atoms. The molecule has 1 N–H and O–H groups in total. The van der Waals surface area contributed by atoms with Gasteiger partial charge in [0, 0.05) is 30.9 Å². The molecular formula is C17H22FN3O. The van der Waals surface area contributed by atoms with Crippen LogP contribution in [0.2, 0.25) is 0 Å². The Morgan fingerprint density at radius 2 is 2.27 bits per heavy atom. The van der Waals surface area contributed by atoms with E-state index in [-0.39, 0.29) is 11.9 Å². The second kappa shape index (κ2) is 6.58. The number of nitrogens with zero attached hydrogens (tertiary/aromatic N) is 2. The Morgan fingerprint density at radius 1 is 1.41 bits per heavy atom. The second-order valence-electron chi connectivity index (χ2n) is 5.97. The number of nitrogens with one attached hydrogen (secondary N) is 1. The zero-order valence-electron chi connectivity index (χ0n) is 13.1. The minimum atomic E-state index is -0.185. The minimum absolute atomic E-state index is 0.114. The summed E-state index contributed by atoms with van der Waals surface area (Å²) in [7, 11) is 0. The van der Waals surface area contributed by atoms with Crippen LogP contribution in [-0.2, 0) is 17.7 Å². The van der Waals surface area contributed by atoms with Gasteiger partial charge < -0.3 is 4.74 Å². The molecule has 1 fully saturated rings. The van der Waals surface area contributed by atoms with Gasteiger partial charge in [0.1, 0.15) is 5.82 Å². The van der Waals surface area contributed by atoms with E-state index in [0.717, 1.165) is 49.6 Å². The van der Waals surface area contributed by atoms with Crippen LogP contribution in [0.1, 0.15) is 22.5 Å². The van der Waals surface area contributed by atoms with Gasteiger partial charge in [0.15, 0.2) is 0 Å². The van der Waals surface area contributed by atoms with Gasteiger partial charge in [-0.2, -0.15) is 5.10 Å². The van der Waals surface area contributed by atoms with Gasteiger partial charge >= 0.3 is 0 Å². The van der Waals surface area contributed by atoms with Gasteiger partial charge in [-0.05, 0) is 38.0 Å². The summed E-state index contributed by atoms with van der Waals surface area (Å²) in [4.78, 5) is 2.39. The summed E-state index contributed by atoms with van der Waals surface area (Å²) >= 11 is 0. The average Bonchev–Trinajstić information content (AvgIpc) is 2.80. The van der Waals surface area contributed by atoms with Crippen LogP contribution in [0.25, 0.3) is 0 Å². The van der Waals surface area contributed by atoms with Gasteiger partial charge in [-0.3, -0.25) is 10.00 Å². The van der Waals surface area contributed by atoms with E-state index in [9.17, 15) is 4.39 Å². The fourth-order valence-corrected chi connectivity index (χ4v) is 3.00. The van der Waals surface area contributed by atoms with Crippen molar-refractivity contribution in [3.05, 3.63) is 52.6 Å².